The second-order valence-corrected chi connectivity index (χ2v) is 5.71. The van der Waals surface area contributed by atoms with Gasteiger partial charge in [0.05, 0.1) is 6.61 Å². The SMILES string of the molecule is COCC(N)C(=O)NCC1(C)Cc2ccccc2C1. The van der Waals surface area contributed by atoms with Gasteiger partial charge in [0, 0.05) is 13.7 Å². The second-order valence-electron chi connectivity index (χ2n) is 5.71. The van der Waals surface area contributed by atoms with Gasteiger partial charge in [-0.25, -0.2) is 0 Å². The van der Waals surface area contributed by atoms with E-state index < -0.39 is 6.04 Å². The molecule has 0 aromatic heterocycles. The fourth-order valence-corrected chi connectivity index (χ4v) is 2.70. The van der Waals surface area contributed by atoms with Gasteiger partial charge in [0.25, 0.3) is 0 Å². The number of hydrogen-bond acceptors (Lipinski definition) is 3. The number of amides is 1. The molecule has 1 aliphatic carbocycles. The van der Waals surface area contributed by atoms with Gasteiger partial charge in [0.1, 0.15) is 6.04 Å². The number of carbonyl (C=O) groups excluding carboxylic acids is 1. The van der Waals surface area contributed by atoms with Crippen molar-refractivity contribution >= 4 is 5.91 Å². The predicted molar refractivity (Wildman–Crippen MR) is 74.8 cm³/mol. The van der Waals surface area contributed by atoms with Crippen LogP contribution in [0.25, 0.3) is 0 Å². The zero-order valence-electron chi connectivity index (χ0n) is 11.6. The molecule has 1 aliphatic rings. The van der Waals surface area contributed by atoms with Gasteiger partial charge in [-0.3, -0.25) is 4.79 Å². The molecule has 1 atom stereocenters. The Bertz CT molecular complexity index is 434. The highest BCUT2D eigenvalue weighted by Gasteiger charge is 2.33. The molecule has 0 aliphatic heterocycles. The van der Waals surface area contributed by atoms with Crippen molar-refractivity contribution in [1.29, 1.82) is 0 Å². The van der Waals surface area contributed by atoms with Crippen LogP contribution in [0.1, 0.15) is 18.1 Å². The van der Waals surface area contributed by atoms with Crippen LogP contribution in [0, 0.1) is 5.41 Å². The molecule has 1 aromatic rings. The van der Waals surface area contributed by atoms with Crippen molar-refractivity contribution in [2.45, 2.75) is 25.8 Å². The van der Waals surface area contributed by atoms with Gasteiger partial charge in [-0.2, -0.15) is 0 Å². The average molecular weight is 262 g/mol. The number of ether oxygens (including phenoxy) is 1. The summed E-state index contributed by atoms with van der Waals surface area (Å²) in [5.41, 5.74) is 8.57. The summed E-state index contributed by atoms with van der Waals surface area (Å²) in [6.45, 7) is 3.11. The summed E-state index contributed by atoms with van der Waals surface area (Å²) in [6.07, 6.45) is 2.01. The van der Waals surface area contributed by atoms with Crippen molar-refractivity contribution in [3.05, 3.63) is 35.4 Å². The third kappa shape index (κ3) is 3.33. The molecule has 0 bridgehead atoms. The van der Waals surface area contributed by atoms with Gasteiger partial charge in [0.15, 0.2) is 0 Å². The molecule has 3 N–H and O–H groups in total. The van der Waals surface area contributed by atoms with Gasteiger partial charge >= 0.3 is 0 Å². The average Bonchev–Trinajstić information content (AvgIpc) is 2.73. The minimum absolute atomic E-state index is 0.0894. The van der Waals surface area contributed by atoms with Crippen LogP contribution in [-0.2, 0) is 22.4 Å². The van der Waals surface area contributed by atoms with Gasteiger partial charge in [-0.15, -0.1) is 0 Å². The summed E-state index contributed by atoms with van der Waals surface area (Å²) in [5, 5.41) is 2.94. The van der Waals surface area contributed by atoms with Crippen molar-refractivity contribution in [3.8, 4) is 0 Å². The number of benzene rings is 1. The van der Waals surface area contributed by atoms with Crippen LogP contribution < -0.4 is 11.1 Å². The molecule has 0 fully saturated rings. The van der Waals surface area contributed by atoms with E-state index >= 15 is 0 Å². The molecule has 1 amide bonds. The largest absolute Gasteiger partial charge is 0.383 e. The molecule has 0 saturated carbocycles. The van der Waals surface area contributed by atoms with Crippen LogP contribution in [0.3, 0.4) is 0 Å². The molecule has 4 nitrogen and oxygen atoms in total. The first-order chi connectivity index (χ1) is 9.04. The Balaban J connectivity index is 1.89. The van der Waals surface area contributed by atoms with Gasteiger partial charge in [0.2, 0.25) is 5.91 Å². The van der Waals surface area contributed by atoms with E-state index in [0.717, 1.165) is 12.8 Å². The van der Waals surface area contributed by atoms with E-state index in [2.05, 4.69) is 36.5 Å². The highest BCUT2D eigenvalue weighted by molar-refractivity contribution is 5.81. The first kappa shape index (κ1) is 14.0. The Morgan fingerprint density at radius 2 is 2.00 bits per heavy atom. The number of fused-ring (bicyclic) bond motifs is 1. The van der Waals surface area contributed by atoms with E-state index in [4.69, 9.17) is 10.5 Å². The number of nitrogens with two attached hydrogens (primary N) is 1. The number of methoxy groups -OCH3 is 1. The lowest BCUT2D eigenvalue weighted by molar-refractivity contribution is -0.123. The van der Waals surface area contributed by atoms with Crippen LogP contribution in [0.2, 0.25) is 0 Å². The van der Waals surface area contributed by atoms with E-state index in [0.29, 0.717) is 6.54 Å². The molecular weight excluding hydrogens is 240 g/mol. The fourth-order valence-electron chi connectivity index (χ4n) is 2.70. The van der Waals surface area contributed by atoms with Crippen molar-refractivity contribution < 1.29 is 9.53 Å². The minimum Gasteiger partial charge on any atom is -0.383 e. The van der Waals surface area contributed by atoms with Crippen molar-refractivity contribution in [3.63, 3.8) is 0 Å². The molecule has 4 heteroatoms. The summed E-state index contributed by atoms with van der Waals surface area (Å²) in [7, 11) is 1.54. The number of rotatable bonds is 5. The summed E-state index contributed by atoms with van der Waals surface area (Å²) in [5.74, 6) is -0.140. The highest BCUT2D eigenvalue weighted by Crippen LogP contribution is 2.35. The smallest absolute Gasteiger partial charge is 0.239 e. The van der Waals surface area contributed by atoms with E-state index in [1.807, 2.05) is 0 Å². The van der Waals surface area contributed by atoms with Gasteiger partial charge in [-0.05, 0) is 29.4 Å². The summed E-state index contributed by atoms with van der Waals surface area (Å²) in [6, 6.07) is 7.88. The lowest BCUT2D eigenvalue weighted by Crippen LogP contribution is -2.46. The Kier molecular flexibility index (Phi) is 4.22. The normalized spacial score (nSPS) is 17.8. The molecule has 104 valence electrons. The molecule has 1 aromatic carbocycles. The van der Waals surface area contributed by atoms with Crippen LogP contribution in [0.15, 0.2) is 24.3 Å². The van der Waals surface area contributed by atoms with Gasteiger partial charge in [-0.1, -0.05) is 31.2 Å². The van der Waals surface area contributed by atoms with Crippen molar-refractivity contribution in [2.24, 2.45) is 11.1 Å². The molecule has 0 saturated heterocycles. The number of carbonyl (C=O) groups is 1. The van der Waals surface area contributed by atoms with E-state index in [9.17, 15) is 4.79 Å². The Labute approximate surface area is 114 Å². The summed E-state index contributed by atoms with van der Waals surface area (Å²) in [4.78, 5) is 11.8. The number of nitrogens with one attached hydrogen (secondary N) is 1. The molecule has 0 radical (unpaired) electrons. The first-order valence-corrected chi connectivity index (χ1v) is 6.63. The quantitative estimate of drug-likeness (QED) is 0.828. The maximum Gasteiger partial charge on any atom is 0.239 e. The third-order valence-corrected chi connectivity index (χ3v) is 3.73. The molecule has 19 heavy (non-hydrogen) atoms. The molecule has 0 heterocycles. The van der Waals surface area contributed by atoms with Crippen molar-refractivity contribution in [1.82, 2.24) is 5.32 Å². The Morgan fingerprint density at radius 3 is 2.53 bits per heavy atom. The highest BCUT2D eigenvalue weighted by atomic mass is 16.5. The van der Waals surface area contributed by atoms with E-state index in [-0.39, 0.29) is 17.9 Å². The minimum atomic E-state index is -0.586. The zero-order chi connectivity index (χ0) is 13.9. The topological polar surface area (TPSA) is 64.3 Å². The van der Waals surface area contributed by atoms with Crippen LogP contribution >= 0.6 is 0 Å². The Morgan fingerprint density at radius 1 is 1.42 bits per heavy atom. The maximum atomic E-state index is 11.8. The number of hydrogen-bond donors (Lipinski definition) is 2. The van der Waals surface area contributed by atoms with Crippen molar-refractivity contribution in [2.75, 3.05) is 20.3 Å². The monoisotopic (exact) mass is 262 g/mol. The predicted octanol–water partition coefficient (Wildman–Crippen LogP) is 0.881. The van der Waals surface area contributed by atoms with Crippen LogP contribution in [0.5, 0.6) is 0 Å². The first-order valence-electron chi connectivity index (χ1n) is 6.63. The van der Waals surface area contributed by atoms with Crippen LogP contribution in [-0.4, -0.2) is 32.2 Å². The zero-order valence-corrected chi connectivity index (χ0v) is 11.6. The Hall–Kier alpha value is -1.39. The third-order valence-electron chi connectivity index (χ3n) is 3.73. The van der Waals surface area contributed by atoms with Crippen LogP contribution in [0.4, 0.5) is 0 Å². The molecule has 1 unspecified atom stereocenters. The fraction of sp³-hybridized carbons (Fsp3) is 0.533. The van der Waals surface area contributed by atoms with E-state index in [1.165, 1.54) is 11.1 Å². The standard InChI is InChI=1S/C15H22N2O2/c1-15(10-17-14(18)13(16)9-19-2)7-11-5-3-4-6-12(11)8-15/h3-6,13H,7-10,16H2,1-2H3,(H,17,18). The lowest BCUT2D eigenvalue weighted by Gasteiger charge is -2.24. The summed E-state index contributed by atoms with van der Waals surface area (Å²) < 4.78 is 4.89. The van der Waals surface area contributed by atoms with E-state index in [1.54, 1.807) is 7.11 Å². The lowest BCUT2D eigenvalue weighted by atomic mass is 9.87. The molecule has 0 spiro atoms. The van der Waals surface area contributed by atoms with Gasteiger partial charge < -0.3 is 15.8 Å². The maximum absolute atomic E-state index is 11.8. The second kappa shape index (κ2) is 5.72. The molecule has 2 rings (SSSR count). The molecular formula is C15H22N2O2. The summed E-state index contributed by atoms with van der Waals surface area (Å²) >= 11 is 0.